The molecule has 0 aromatic heterocycles. The SMILES string of the molecule is O=C(CC[C@@H]1CCCO1)Nc1ccc(C(=O)N2CCCCCC2)cc1. The van der Waals surface area contributed by atoms with Crippen LogP contribution in [-0.2, 0) is 9.53 Å². The summed E-state index contributed by atoms with van der Waals surface area (Å²) in [6.45, 7) is 2.51. The van der Waals surface area contributed by atoms with Crippen molar-refractivity contribution in [2.75, 3.05) is 25.0 Å². The highest BCUT2D eigenvalue weighted by Gasteiger charge is 2.18. The zero-order valence-corrected chi connectivity index (χ0v) is 14.8. The van der Waals surface area contributed by atoms with Gasteiger partial charge in [-0.1, -0.05) is 12.8 Å². The van der Waals surface area contributed by atoms with Gasteiger partial charge in [0.1, 0.15) is 0 Å². The molecule has 25 heavy (non-hydrogen) atoms. The maximum atomic E-state index is 12.6. The Morgan fingerprint density at radius 3 is 2.40 bits per heavy atom. The lowest BCUT2D eigenvalue weighted by Crippen LogP contribution is -2.31. The van der Waals surface area contributed by atoms with Gasteiger partial charge in [0.25, 0.3) is 5.91 Å². The van der Waals surface area contributed by atoms with Gasteiger partial charge in [-0.05, 0) is 56.4 Å². The lowest BCUT2D eigenvalue weighted by atomic mass is 10.1. The van der Waals surface area contributed by atoms with E-state index in [0.29, 0.717) is 12.0 Å². The molecule has 2 heterocycles. The fourth-order valence-electron chi connectivity index (χ4n) is 3.54. The first-order valence-electron chi connectivity index (χ1n) is 9.53. The van der Waals surface area contributed by atoms with Crippen molar-refractivity contribution >= 4 is 17.5 Å². The van der Waals surface area contributed by atoms with Crippen molar-refractivity contribution in [3.8, 4) is 0 Å². The molecule has 0 radical (unpaired) electrons. The smallest absolute Gasteiger partial charge is 0.253 e. The Morgan fingerprint density at radius 1 is 1.04 bits per heavy atom. The summed E-state index contributed by atoms with van der Waals surface area (Å²) in [4.78, 5) is 26.5. The number of carbonyl (C=O) groups is 2. The molecule has 3 rings (SSSR count). The molecule has 2 amide bonds. The third kappa shape index (κ3) is 5.30. The van der Waals surface area contributed by atoms with E-state index in [9.17, 15) is 9.59 Å². The number of nitrogens with one attached hydrogen (secondary N) is 1. The van der Waals surface area contributed by atoms with Crippen LogP contribution in [-0.4, -0.2) is 42.5 Å². The van der Waals surface area contributed by atoms with Crippen LogP contribution in [0.3, 0.4) is 0 Å². The number of likely N-dealkylation sites (tertiary alicyclic amines) is 1. The van der Waals surface area contributed by atoms with E-state index in [1.807, 2.05) is 29.2 Å². The molecule has 0 unspecified atom stereocenters. The molecular weight excluding hydrogens is 316 g/mol. The summed E-state index contributed by atoms with van der Waals surface area (Å²) in [6, 6.07) is 7.25. The van der Waals surface area contributed by atoms with Gasteiger partial charge in [-0.25, -0.2) is 0 Å². The van der Waals surface area contributed by atoms with Crippen molar-refractivity contribution in [1.29, 1.82) is 0 Å². The van der Waals surface area contributed by atoms with Gasteiger partial charge in [-0.15, -0.1) is 0 Å². The first-order valence-corrected chi connectivity index (χ1v) is 9.53. The van der Waals surface area contributed by atoms with Gasteiger partial charge in [0.2, 0.25) is 5.91 Å². The fourth-order valence-corrected chi connectivity index (χ4v) is 3.54. The lowest BCUT2D eigenvalue weighted by Gasteiger charge is -2.20. The van der Waals surface area contributed by atoms with E-state index >= 15 is 0 Å². The van der Waals surface area contributed by atoms with Crippen LogP contribution < -0.4 is 5.32 Å². The molecule has 2 saturated heterocycles. The average Bonchev–Trinajstić information content (AvgIpc) is 3.00. The van der Waals surface area contributed by atoms with Gasteiger partial charge in [0.05, 0.1) is 6.10 Å². The Hall–Kier alpha value is -1.88. The van der Waals surface area contributed by atoms with Crippen molar-refractivity contribution in [3.05, 3.63) is 29.8 Å². The zero-order chi connectivity index (χ0) is 17.5. The second kappa shape index (κ2) is 8.99. The number of hydrogen-bond acceptors (Lipinski definition) is 3. The standard InChI is InChI=1S/C20H28N2O3/c23-19(12-11-18-6-5-15-25-18)21-17-9-7-16(8-10-17)20(24)22-13-3-1-2-4-14-22/h7-10,18H,1-6,11-15H2,(H,21,23)/t18-/m0/s1. The highest BCUT2D eigenvalue weighted by atomic mass is 16.5. The first-order chi connectivity index (χ1) is 12.2. The predicted octanol–water partition coefficient (Wildman–Crippen LogP) is 3.60. The molecule has 136 valence electrons. The van der Waals surface area contributed by atoms with Crippen molar-refractivity contribution in [2.45, 2.75) is 57.5 Å². The molecule has 0 saturated carbocycles. The Labute approximate surface area is 149 Å². The first kappa shape index (κ1) is 17.9. The van der Waals surface area contributed by atoms with Gasteiger partial charge >= 0.3 is 0 Å². The van der Waals surface area contributed by atoms with E-state index in [4.69, 9.17) is 4.74 Å². The minimum absolute atomic E-state index is 0.00194. The summed E-state index contributed by atoms with van der Waals surface area (Å²) in [5.74, 6) is 0.0975. The second-order valence-electron chi connectivity index (χ2n) is 7.01. The number of ether oxygens (including phenoxy) is 1. The highest BCUT2D eigenvalue weighted by Crippen LogP contribution is 2.18. The van der Waals surface area contributed by atoms with Crippen LogP contribution in [0.25, 0.3) is 0 Å². The number of carbonyl (C=O) groups excluding carboxylic acids is 2. The van der Waals surface area contributed by atoms with Gasteiger partial charge in [-0.2, -0.15) is 0 Å². The monoisotopic (exact) mass is 344 g/mol. The third-order valence-corrected chi connectivity index (χ3v) is 5.03. The molecule has 1 N–H and O–H groups in total. The van der Waals surface area contributed by atoms with E-state index in [-0.39, 0.29) is 17.9 Å². The predicted molar refractivity (Wildman–Crippen MR) is 97.7 cm³/mol. The van der Waals surface area contributed by atoms with Gasteiger partial charge in [0, 0.05) is 37.4 Å². The number of amides is 2. The van der Waals surface area contributed by atoms with Crippen molar-refractivity contribution < 1.29 is 14.3 Å². The third-order valence-electron chi connectivity index (χ3n) is 5.03. The van der Waals surface area contributed by atoms with Crippen LogP contribution in [0.4, 0.5) is 5.69 Å². The summed E-state index contributed by atoms with van der Waals surface area (Å²) in [7, 11) is 0. The molecule has 2 aliphatic rings. The Kier molecular flexibility index (Phi) is 6.45. The molecule has 0 bridgehead atoms. The lowest BCUT2D eigenvalue weighted by molar-refractivity contribution is -0.116. The average molecular weight is 344 g/mol. The molecule has 0 aliphatic carbocycles. The van der Waals surface area contributed by atoms with Crippen LogP contribution in [0.15, 0.2) is 24.3 Å². The van der Waals surface area contributed by atoms with E-state index < -0.39 is 0 Å². The van der Waals surface area contributed by atoms with E-state index in [1.54, 1.807) is 0 Å². The number of anilines is 1. The van der Waals surface area contributed by atoms with Gasteiger partial charge in [-0.3, -0.25) is 9.59 Å². The maximum Gasteiger partial charge on any atom is 0.253 e. The van der Waals surface area contributed by atoms with Crippen LogP contribution in [0.5, 0.6) is 0 Å². The van der Waals surface area contributed by atoms with E-state index in [0.717, 1.165) is 57.5 Å². The minimum atomic E-state index is 0.00194. The molecule has 1 aromatic carbocycles. The Bertz CT molecular complexity index is 571. The summed E-state index contributed by atoms with van der Waals surface area (Å²) >= 11 is 0. The fraction of sp³-hybridized carbons (Fsp3) is 0.600. The largest absolute Gasteiger partial charge is 0.378 e. The second-order valence-corrected chi connectivity index (χ2v) is 7.01. The number of hydrogen-bond donors (Lipinski definition) is 1. The molecule has 1 aromatic rings. The molecular formula is C20H28N2O3. The molecule has 1 atom stereocenters. The van der Waals surface area contributed by atoms with Crippen LogP contribution >= 0.6 is 0 Å². The van der Waals surface area contributed by atoms with E-state index in [2.05, 4.69) is 5.32 Å². The van der Waals surface area contributed by atoms with Crippen molar-refractivity contribution in [1.82, 2.24) is 4.90 Å². The number of rotatable bonds is 5. The zero-order valence-electron chi connectivity index (χ0n) is 14.8. The normalized spacial score (nSPS) is 21.0. The topological polar surface area (TPSA) is 58.6 Å². The van der Waals surface area contributed by atoms with Crippen molar-refractivity contribution in [2.24, 2.45) is 0 Å². The van der Waals surface area contributed by atoms with Crippen molar-refractivity contribution in [3.63, 3.8) is 0 Å². The van der Waals surface area contributed by atoms with Crippen LogP contribution in [0.2, 0.25) is 0 Å². The molecule has 2 aliphatic heterocycles. The quantitative estimate of drug-likeness (QED) is 0.888. The number of nitrogens with zero attached hydrogens (tertiary/aromatic N) is 1. The summed E-state index contributed by atoms with van der Waals surface area (Å²) in [6.07, 6.45) is 8.23. The van der Waals surface area contributed by atoms with Gasteiger partial charge < -0.3 is 15.0 Å². The highest BCUT2D eigenvalue weighted by molar-refractivity contribution is 5.95. The Balaban J connectivity index is 1.49. The molecule has 5 nitrogen and oxygen atoms in total. The van der Waals surface area contributed by atoms with Crippen LogP contribution in [0.1, 0.15) is 61.7 Å². The molecule has 2 fully saturated rings. The summed E-state index contributed by atoms with van der Waals surface area (Å²) in [5, 5.41) is 2.90. The number of benzene rings is 1. The summed E-state index contributed by atoms with van der Waals surface area (Å²) in [5.41, 5.74) is 1.43. The van der Waals surface area contributed by atoms with E-state index in [1.165, 1.54) is 12.8 Å². The van der Waals surface area contributed by atoms with Gasteiger partial charge in [0.15, 0.2) is 0 Å². The minimum Gasteiger partial charge on any atom is -0.378 e. The molecule has 0 spiro atoms. The van der Waals surface area contributed by atoms with Crippen LogP contribution in [0, 0.1) is 0 Å². The molecule has 5 heteroatoms. The Morgan fingerprint density at radius 2 is 1.76 bits per heavy atom. The summed E-state index contributed by atoms with van der Waals surface area (Å²) < 4.78 is 5.54. The maximum absolute atomic E-state index is 12.6.